The summed E-state index contributed by atoms with van der Waals surface area (Å²) in [5.41, 5.74) is 5.14. The highest BCUT2D eigenvalue weighted by Crippen LogP contribution is 2.21. The van der Waals surface area contributed by atoms with Gasteiger partial charge in [-0.1, -0.05) is 0 Å². The lowest BCUT2D eigenvalue weighted by Crippen LogP contribution is -2.44. The quantitative estimate of drug-likeness (QED) is 0.374. The number of nitrogens with zero attached hydrogens (tertiary/aromatic N) is 1. The summed E-state index contributed by atoms with van der Waals surface area (Å²) in [6.45, 7) is 0.416. The Morgan fingerprint density at radius 2 is 2.43 bits per heavy atom. The number of aliphatic hydroxyl groups excluding tert-OH is 1. The molecule has 0 aromatic rings. The molecule has 0 bridgehead atoms. The zero-order valence-corrected chi connectivity index (χ0v) is 8.38. The van der Waals surface area contributed by atoms with Gasteiger partial charge in [0.2, 0.25) is 0 Å². The molecule has 1 heterocycles. The molecule has 1 fully saturated rings. The fraction of sp³-hybridized carbons (Fsp3) is 0.875. The minimum Gasteiger partial charge on any atom is -0.390 e. The lowest BCUT2D eigenvalue weighted by Gasteiger charge is -2.17. The van der Waals surface area contributed by atoms with Crippen molar-refractivity contribution in [2.75, 3.05) is 20.8 Å². The van der Waals surface area contributed by atoms with Gasteiger partial charge in [0.25, 0.3) is 0 Å². The Morgan fingerprint density at radius 3 is 2.93 bits per heavy atom. The second-order valence-electron chi connectivity index (χ2n) is 3.12. The molecule has 0 unspecified atom stereocenters. The highest BCUT2D eigenvalue weighted by atomic mass is 16.6. The number of hydrogen-bond donors (Lipinski definition) is 3. The van der Waals surface area contributed by atoms with Gasteiger partial charge in [-0.3, -0.25) is 0 Å². The van der Waals surface area contributed by atoms with Crippen LogP contribution in [0.1, 0.15) is 0 Å². The standard InChI is InChI=1S/C8H17N3O3/c1-10-6-5(3-13-2)14-8(7(6)12)11-4-9/h4-8,10,12H,3H2,1-2H3,(H2,9,11)/t5-,6-,7-,8-/m1/s1. The van der Waals surface area contributed by atoms with Crippen LogP contribution < -0.4 is 11.1 Å². The van der Waals surface area contributed by atoms with Gasteiger partial charge in [0.1, 0.15) is 12.2 Å². The average Bonchev–Trinajstić information content (AvgIpc) is 2.45. The van der Waals surface area contributed by atoms with E-state index >= 15 is 0 Å². The number of hydrogen-bond acceptors (Lipinski definition) is 5. The van der Waals surface area contributed by atoms with Gasteiger partial charge in [-0.2, -0.15) is 0 Å². The molecule has 6 nitrogen and oxygen atoms in total. The molecule has 0 aromatic heterocycles. The summed E-state index contributed by atoms with van der Waals surface area (Å²) in [4.78, 5) is 3.82. The summed E-state index contributed by atoms with van der Waals surface area (Å²) in [5.74, 6) is 0. The molecule has 4 N–H and O–H groups in total. The molecule has 14 heavy (non-hydrogen) atoms. The fourth-order valence-electron chi connectivity index (χ4n) is 1.61. The van der Waals surface area contributed by atoms with E-state index in [1.807, 2.05) is 0 Å². The van der Waals surface area contributed by atoms with Crippen molar-refractivity contribution in [3.05, 3.63) is 0 Å². The summed E-state index contributed by atoms with van der Waals surface area (Å²) < 4.78 is 10.4. The molecular weight excluding hydrogens is 186 g/mol. The van der Waals surface area contributed by atoms with Crippen LogP contribution in [-0.4, -0.2) is 56.7 Å². The van der Waals surface area contributed by atoms with Gasteiger partial charge >= 0.3 is 0 Å². The second-order valence-corrected chi connectivity index (χ2v) is 3.12. The van der Waals surface area contributed by atoms with Crippen molar-refractivity contribution in [1.29, 1.82) is 0 Å². The average molecular weight is 203 g/mol. The van der Waals surface area contributed by atoms with Crippen molar-refractivity contribution in [3.8, 4) is 0 Å². The van der Waals surface area contributed by atoms with Crippen LogP contribution in [0.4, 0.5) is 0 Å². The molecule has 1 aliphatic rings. The van der Waals surface area contributed by atoms with Crippen molar-refractivity contribution < 1.29 is 14.6 Å². The summed E-state index contributed by atoms with van der Waals surface area (Å²) in [7, 11) is 3.34. The number of methoxy groups -OCH3 is 1. The number of aliphatic hydroxyl groups is 1. The lowest BCUT2D eigenvalue weighted by molar-refractivity contribution is -0.0149. The first-order valence-corrected chi connectivity index (χ1v) is 4.47. The smallest absolute Gasteiger partial charge is 0.177 e. The maximum atomic E-state index is 9.76. The third-order valence-electron chi connectivity index (χ3n) is 2.27. The predicted molar refractivity (Wildman–Crippen MR) is 52.1 cm³/mol. The van der Waals surface area contributed by atoms with E-state index in [2.05, 4.69) is 10.3 Å². The summed E-state index contributed by atoms with van der Waals surface area (Å²) >= 11 is 0. The van der Waals surface area contributed by atoms with Gasteiger partial charge in [-0.05, 0) is 7.05 Å². The van der Waals surface area contributed by atoms with Crippen LogP contribution in [0.25, 0.3) is 0 Å². The van der Waals surface area contributed by atoms with E-state index in [9.17, 15) is 5.11 Å². The number of ether oxygens (including phenoxy) is 2. The van der Waals surface area contributed by atoms with Crippen molar-refractivity contribution in [2.45, 2.75) is 24.5 Å². The number of nitrogens with two attached hydrogens (primary N) is 1. The predicted octanol–water partition coefficient (Wildman–Crippen LogP) is -1.71. The van der Waals surface area contributed by atoms with Crippen LogP contribution in [-0.2, 0) is 9.47 Å². The molecule has 0 spiro atoms. The molecular formula is C8H17N3O3. The highest BCUT2D eigenvalue weighted by Gasteiger charge is 2.42. The van der Waals surface area contributed by atoms with E-state index in [0.29, 0.717) is 6.61 Å². The van der Waals surface area contributed by atoms with E-state index < -0.39 is 12.3 Å². The van der Waals surface area contributed by atoms with Gasteiger partial charge in [-0.15, -0.1) is 0 Å². The molecule has 0 radical (unpaired) electrons. The van der Waals surface area contributed by atoms with E-state index in [4.69, 9.17) is 15.2 Å². The third kappa shape index (κ3) is 2.21. The molecule has 6 heteroatoms. The minimum atomic E-state index is -0.694. The third-order valence-corrected chi connectivity index (χ3v) is 2.27. The van der Waals surface area contributed by atoms with E-state index in [1.165, 1.54) is 0 Å². The van der Waals surface area contributed by atoms with Crippen molar-refractivity contribution in [2.24, 2.45) is 10.7 Å². The van der Waals surface area contributed by atoms with Crippen LogP contribution in [0.2, 0.25) is 0 Å². The monoisotopic (exact) mass is 203 g/mol. The molecule has 82 valence electrons. The Hall–Kier alpha value is -0.690. The first kappa shape index (κ1) is 11.4. The first-order valence-electron chi connectivity index (χ1n) is 4.47. The summed E-state index contributed by atoms with van der Waals surface area (Å²) in [6, 6.07) is -0.177. The topological polar surface area (TPSA) is 89.1 Å². The van der Waals surface area contributed by atoms with Crippen molar-refractivity contribution >= 4 is 6.34 Å². The van der Waals surface area contributed by atoms with Crippen LogP contribution in [0.5, 0.6) is 0 Å². The van der Waals surface area contributed by atoms with Gasteiger partial charge in [0.05, 0.1) is 19.0 Å². The first-order chi connectivity index (χ1) is 6.74. The minimum absolute atomic E-state index is 0.177. The van der Waals surface area contributed by atoms with Crippen LogP contribution in [0.3, 0.4) is 0 Å². The van der Waals surface area contributed by atoms with Crippen molar-refractivity contribution in [3.63, 3.8) is 0 Å². The normalized spacial score (nSPS) is 38.2. The Labute approximate surface area is 83.1 Å². The number of likely N-dealkylation sites (N-methyl/N-ethyl adjacent to an activating group) is 1. The molecule has 1 saturated heterocycles. The lowest BCUT2D eigenvalue weighted by atomic mass is 10.1. The Morgan fingerprint density at radius 1 is 1.71 bits per heavy atom. The van der Waals surface area contributed by atoms with Gasteiger partial charge in [-0.25, -0.2) is 4.99 Å². The Balaban J connectivity index is 2.62. The molecule has 0 saturated carbocycles. The van der Waals surface area contributed by atoms with Crippen LogP contribution in [0.15, 0.2) is 4.99 Å². The fourth-order valence-corrected chi connectivity index (χ4v) is 1.61. The van der Waals surface area contributed by atoms with Gasteiger partial charge in [0, 0.05) is 7.11 Å². The summed E-state index contributed by atoms with van der Waals surface area (Å²) in [5, 5.41) is 12.7. The van der Waals surface area contributed by atoms with E-state index in [0.717, 1.165) is 6.34 Å². The zero-order valence-electron chi connectivity index (χ0n) is 8.38. The second kappa shape index (κ2) is 5.26. The molecule has 1 aliphatic heterocycles. The van der Waals surface area contributed by atoms with Crippen LogP contribution >= 0.6 is 0 Å². The molecule has 4 atom stereocenters. The van der Waals surface area contributed by atoms with Gasteiger partial charge in [0.15, 0.2) is 6.23 Å². The Bertz CT molecular complexity index is 200. The number of rotatable bonds is 4. The molecule has 0 aromatic carbocycles. The SMILES string of the molecule is CN[C@H]1[C@@H](O)[C@H](N=CN)O[C@@H]1COC. The maximum absolute atomic E-state index is 9.76. The molecule has 0 amide bonds. The van der Waals surface area contributed by atoms with E-state index in [-0.39, 0.29) is 12.1 Å². The largest absolute Gasteiger partial charge is 0.390 e. The number of aliphatic imine (C=N–C) groups is 1. The zero-order chi connectivity index (χ0) is 10.6. The van der Waals surface area contributed by atoms with Gasteiger partial charge < -0.3 is 25.6 Å². The Kier molecular flexibility index (Phi) is 4.27. The van der Waals surface area contributed by atoms with Crippen LogP contribution in [0, 0.1) is 0 Å². The summed E-state index contributed by atoms with van der Waals surface area (Å²) in [6.07, 6.45) is -0.360. The number of nitrogens with one attached hydrogen (secondary N) is 1. The maximum Gasteiger partial charge on any atom is 0.177 e. The van der Waals surface area contributed by atoms with Crippen molar-refractivity contribution in [1.82, 2.24) is 5.32 Å². The highest BCUT2D eigenvalue weighted by molar-refractivity contribution is 5.51. The van der Waals surface area contributed by atoms with E-state index in [1.54, 1.807) is 14.2 Å². The molecule has 0 aliphatic carbocycles. The molecule has 1 rings (SSSR count).